The van der Waals surface area contributed by atoms with Crippen LogP contribution in [0.1, 0.15) is 446 Å². The molecule has 0 rings (SSSR count). The molecular weight excluding hydrogens is 1330 g/mol. The minimum atomic E-state index is -4.96. The van der Waals surface area contributed by atoms with Crippen LogP contribution in [0.25, 0.3) is 0 Å². The number of hydrogen-bond donors (Lipinski definition) is 3. The van der Waals surface area contributed by atoms with E-state index in [4.69, 9.17) is 37.0 Å². The first-order valence-electron chi connectivity index (χ1n) is 43.1. The Morgan fingerprint density at radius 1 is 0.265 bits per heavy atom. The lowest BCUT2D eigenvalue weighted by molar-refractivity contribution is -0.161. The van der Waals surface area contributed by atoms with Crippen LogP contribution >= 0.6 is 15.6 Å². The van der Waals surface area contributed by atoms with Gasteiger partial charge < -0.3 is 33.8 Å². The normalized spacial score (nSPS) is 13.8. The van der Waals surface area contributed by atoms with Gasteiger partial charge in [0, 0.05) is 25.7 Å². The number of phosphoric acid groups is 2. The third-order valence-corrected chi connectivity index (χ3v) is 21.4. The summed E-state index contributed by atoms with van der Waals surface area (Å²) in [5, 5.41) is 10.7. The summed E-state index contributed by atoms with van der Waals surface area (Å²) in [6.07, 6.45) is 67.8. The Hall–Kier alpha value is -1.94. The van der Waals surface area contributed by atoms with Crippen molar-refractivity contribution < 1.29 is 80.2 Å². The number of ether oxygens (including phenoxy) is 4. The van der Waals surface area contributed by atoms with E-state index >= 15 is 0 Å². The van der Waals surface area contributed by atoms with Crippen molar-refractivity contribution >= 4 is 39.5 Å². The van der Waals surface area contributed by atoms with Gasteiger partial charge in [0.15, 0.2) is 12.2 Å². The molecular formula is C83H162O17P2. The molecule has 0 aromatic carbocycles. The van der Waals surface area contributed by atoms with Gasteiger partial charge in [-0.25, -0.2) is 9.13 Å². The van der Waals surface area contributed by atoms with Gasteiger partial charge in [-0.05, 0) is 31.6 Å². The number of aliphatic hydroxyl groups excluding tert-OH is 1. The molecule has 606 valence electrons. The molecule has 19 heteroatoms. The second-order valence-corrected chi connectivity index (χ2v) is 33.3. The first kappa shape index (κ1) is 100. The molecule has 0 aliphatic heterocycles. The minimum Gasteiger partial charge on any atom is -0.462 e. The van der Waals surface area contributed by atoms with Crippen molar-refractivity contribution in [1.29, 1.82) is 0 Å². The van der Waals surface area contributed by atoms with E-state index < -0.39 is 97.5 Å². The third-order valence-electron chi connectivity index (χ3n) is 19.5. The minimum absolute atomic E-state index is 0.109. The number of rotatable bonds is 83. The Labute approximate surface area is 626 Å². The van der Waals surface area contributed by atoms with Crippen molar-refractivity contribution in [2.75, 3.05) is 39.6 Å². The van der Waals surface area contributed by atoms with Gasteiger partial charge in [0.25, 0.3) is 0 Å². The van der Waals surface area contributed by atoms with Crippen molar-refractivity contribution in [3.63, 3.8) is 0 Å². The van der Waals surface area contributed by atoms with Crippen LogP contribution in [-0.2, 0) is 65.4 Å². The second-order valence-electron chi connectivity index (χ2n) is 30.3. The summed E-state index contributed by atoms with van der Waals surface area (Å²) >= 11 is 0. The highest BCUT2D eigenvalue weighted by atomic mass is 31.2. The summed E-state index contributed by atoms with van der Waals surface area (Å²) < 4.78 is 68.8. The van der Waals surface area contributed by atoms with E-state index in [-0.39, 0.29) is 25.7 Å². The predicted octanol–water partition coefficient (Wildman–Crippen LogP) is 25.2. The van der Waals surface area contributed by atoms with Gasteiger partial charge >= 0.3 is 39.5 Å². The first-order chi connectivity index (χ1) is 49.5. The molecule has 5 atom stereocenters. The second kappa shape index (κ2) is 75.9. The van der Waals surface area contributed by atoms with E-state index in [2.05, 4.69) is 34.6 Å². The van der Waals surface area contributed by atoms with E-state index in [9.17, 15) is 43.2 Å². The fourth-order valence-corrected chi connectivity index (χ4v) is 14.5. The van der Waals surface area contributed by atoms with Crippen LogP contribution in [0.5, 0.6) is 0 Å². The number of carbonyl (C=O) groups is 4. The lowest BCUT2D eigenvalue weighted by Gasteiger charge is -2.21. The molecule has 0 aromatic rings. The number of aliphatic hydroxyl groups is 1. The average Bonchev–Trinajstić information content (AvgIpc) is 0.910. The van der Waals surface area contributed by atoms with E-state index in [1.54, 1.807) is 0 Å². The van der Waals surface area contributed by atoms with Crippen LogP contribution in [0.15, 0.2) is 0 Å². The van der Waals surface area contributed by atoms with Gasteiger partial charge in [0.05, 0.1) is 26.4 Å². The number of unbranched alkanes of at least 4 members (excludes halogenated alkanes) is 55. The Morgan fingerprint density at radius 2 is 0.451 bits per heavy atom. The Balaban J connectivity index is 5.26. The molecule has 0 bridgehead atoms. The maximum absolute atomic E-state index is 13.1. The van der Waals surface area contributed by atoms with Gasteiger partial charge in [-0.1, -0.05) is 394 Å². The standard InChI is InChI=1S/C83H162O17P2/c1-6-9-12-15-18-21-24-27-29-30-31-33-39-44-49-54-59-64-69-83(88)100-79(73-94-81(86)67-62-57-52-47-42-37-35-34-36-40-45-50-55-60-65-76(4)5)75-98-102(91,92)96-71-77(84)70-95-101(89,90)97-74-78(72-93-80(85)66-61-56-51-46-41-26-23-20-17-14-11-8-3)99-82(87)68-63-58-53-48-43-38-32-28-25-22-19-16-13-10-7-2/h76-79,84H,6-75H2,1-5H3,(H,89,90)(H,91,92)/t77-,78+,79+/m0/s1. The van der Waals surface area contributed by atoms with Crippen LogP contribution in [0.3, 0.4) is 0 Å². The molecule has 17 nitrogen and oxygen atoms in total. The average molecular weight is 1490 g/mol. The molecule has 0 saturated carbocycles. The van der Waals surface area contributed by atoms with Crippen LogP contribution in [0, 0.1) is 5.92 Å². The zero-order valence-corrected chi connectivity index (χ0v) is 68.5. The summed E-state index contributed by atoms with van der Waals surface area (Å²) in [4.78, 5) is 73.1. The Morgan fingerprint density at radius 3 is 0.667 bits per heavy atom. The highest BCUT2D eigenvalue weighted by molar-refractivity contribution is 7.47. The number of esters is 4. The van der Waals surface area contributed by atoms with Crippen molar-refractivity contribution in [2.45, 2.75) is 464 Å². The molecule has 102 heavy (non-hydrogen) atoms. The molecule has 0 amide bonds. The van der Waals surface area contributed by atoms with E-state index in [1.807, 2.05) is 0 Å². The highest BCUT2D eigenvalue weighted by Crippen LogP contribution is 2.45. The number of hydrogen-bond acceptors (Lipinski definition) is 15. The molecule has 0 heterocycles. The van der Waals surface area contributed by atoms with Gasteiger partial charge in [-0.15, -0.1) is 0 Å². The summed E-state index contributed by atoms with van der Waals surface area (Å²) in [6, 6.07) is 0. The molecule has 3 N–H and O–H groups in total. The quantitative estimate of drug-likeness (QED) is 0.0222. The first-order valence-corrected chi connectivity index (χ1v) is 46.1. The molecule has 0 radical (unpaired) electrons. The summed E-state index contributed by atoms with van der Waals surface area (Å²) in [5.41, 5.74) is 0. The zero-order valence-electron chi connectivity index (χ0n) is 66.8. The Bertz CT molecular complexity index is 1940. The topological polar surface area (TPSA) is 237 Å². The summed E-state index contributed by atoms with van der Waals surface area (Å²) in [6.45, 7) is 7.38. The molecule has 0 saturated heterocycles. The van der Waals surface area contributed by atoms with Crippen LogP contribution < -0.4 is 0 Å². The molecule has 0 aliphatic carbocycles. The van der Waals surface area contributed by atoms with Gasteiger partial charge in [-0.2, -0.15) is 0 Å². The number of carbonyl (C=O) groups excluding carboxylic acids is 4. The predicted molar refractivity (Wildman–Crippen MR) is 418 cm³/mol. The van der Waals surface area contributed by atoms with Crippen LogP contribution in [0.2, 0.25) is 0 Å². The Kier molecular flexibility index (Phi) is 74.4. The summed E-state index contributed by atoms with van der Waals surface area (Å²) in [5.74, 6) is -1.30. The highest BCUT2D eigenvalue weighted by Gasteiger charge is 2.30. The van der Waals surface area contributed by atoms with Gasteiger partial charge in [0.1, 0.15) is 19.3 Å². The molecule has 2 unspecified atom stereocenters. The zero-order chi connectivity index (χ0) is 74.8. The SMILES string of the molecule is CCCCCCCCCCCCCCCCCCCCC(=O)O[C@H](COC(=O)CCCCCCCCCCCCCCCCC(C)C)COP(=O)(O)OC[C@@H](O)COP(=O)(O)OC[C@@H](COC(=O)CCCCCCCCCCCCCC)OC(=O)CCCCCCCCCCCCCCCCC. The summed E-state index contributed by atoms with van der Waals surface area (Å²) in [7, 11) is -9.92. The fourth-order valence-electron chi connectivity index (χ4n) is 12.9. The van der Waals surface area contributed by atoms with Crippen molar-refractivity contribution in [3.05, 3.63) is 0 Å². The van der Waals surface area contributed by atoms with Crippen molar-refractivity contribution in [1.82, 2.24) is 0 Å². The maximum Gasteiger partial charge on any atom is 0.472 e. The molecule has 0 fully saturated rings. The van der Waals surface area contributed by atoms with Gasteiger partial charge in [-0.3, -0.25) is 37.3 Å². The van der Waals surface area contributed by atoms with Gasteiger partial charge in [0.2, 0.25) is 0 Å². The van der Waals surface area contributed by atoms with Crippen molar-refractivity contribution in [2.24, 2.45) is 5.92 Å². The smallest absolute Gasteiger partial charge is 0.462 e. The largest absolute Gasteiger partial charge is 0.472 e. The maximum atomic E-state index is 13.1. The molecule has 0 spiro atoms. The van der Waals surface area contributed by atoms with Crippen LogP contribution in [-0.4, -0.2) is 96.7 Å². The van der Waals surface area contributed by atoms with E-state index in [0.29, 0.717) is 25.7 Å². The lowest BCUT2D eigenvalue weighted by atomic mass is 10.0. The molecule has 0 aliphatic rings. The van der Waals surface area contributed by atoms with Crippen molar-refractivity contribution in [3.8, 4) is 0 Å². The monoisotopic (exact) mass is 1490 g/mol. The number of phosphoric ester groups is 2. The van der Waals surface area contributed by atoms with Crippen LogP contribution in [0.4, 0.5) is 0 Å². The van der Waals surface area contributed by atoms with E-state index in [0.717, 1.165) is 95.8 Å². The fraction of sp³-hybridized carbons (Fsp3) is 0.952. The third kappa shape index (κ3) is 76.3. The lowest BCUT2D eigenvalue weighted by Crippen LogP contribution is -2.30. The molecule has 0 aromatic heterocycles. The van der Waals surface area contributed by atoms with E-state index in [1.165, 1.54) is 270 Å².